The van der Waals surface area contributed by atoms with Crippen molar-refractivity contribution < 1.29 is 5.11 Å². The van der Waals surface area contributed by atoms with Crippen molar-refractivity contribution in [2.24, 2.45) is 0 Å². The van der Waals surface area contributed by atoms with Crippen LogP contribution in [0.3, 0.4) is 0 Å². The molecule has 12 heavy (non-hydrogen) atoms. The van der Waals surface area contributed by atoms with E-state index in [0.29, 0.717) is 5.75 Å². The summed E-state index contributed by atoms with van der Waals surface area (Å²) in [5.74, 6) is 0.350. The maximum Gasteiger partial charge on any atom is 0.123 e. The van der Waals surface area contributed by atoms with Gasteiger partial charge in [0.15, 0.2) is 0 Å². The minimum atomic E-state index is 0. The molecule has 2 heteroatoms. The molecule has 0 unspecified atom stereocenters. The molecule has 0 aromatic heterocycles. The third-order valence-electron chi connectivity index (χ3n) is 1.77. The van der Waals surface area contributed by atoms with Crippen molar-refractivity contribution >= 4 is 36.6 Å². The number of fused-ring (bicyclic) bond motifs is 1. The van der Waals surface area contributed by atoms with Crippen LogP contribution in [0.5, 0.6) is 5.75 Å². The van der Waals surface area contributed by atoms with E-state index in [-0.39, 0.29) is 25.8 Å². The summed E-state index contributed by atoms with van der Waals surface area (Å²) in [6.07, 6.45) is 0. The van der Waals surface area contributed by atoms with Gasteiger partial charge in [0.2, 0.25) is 0 Å². The van der Waals surface area contributed by atoms with Crippen LogP contribution in [0.1, 0.15) is 0 Å². The summed E-state index contributed by atoms with van der Waals surface area (Å²) in [4.78, 5) is 0. The van der Waals surface area contributed by atoms with Crippen LogP contribution >= 0.6 is 0 Å². The van der Waals surface area contributed by atoms with Gasteiger partial charge in [-0.2, -0.15) is 0 Å². The minimum absolute atomic E-state index is 0. The van der Waals surface area contributed by atoms with Crippen LogP contribution in [0, 0.1) is 0 Å². The Morgan fingerprint density at radius 1 is 0.833 bits per heavy atom. The van der Waals surface area contributed by atoms with E-state index in [1.54, 1.807) is 6.07 Å². The zero-order valence-corrected chi connectivity index (χ0v) is 9.86. The van der Waals surface area contributed by atoms with E-state index in [1.807, 2.05) is 36.4 Å². The number of rotatable bonds is 0. The summed E-state index contributed by atoms with van der Waals surface area (Å²) in [5.41, 5.74) is 0. The molecule has 0 bridgehead atoms. The van der Waals surface area contributed by atoms with Crippen LogP contribution in [0.25, 0.3) is 10.8 Å². The van der Waals surface area contributed by atoms with Gasteiger partial charge in [-0.25, -0.2) is 0 Å². The second kappa shape index (κ2) is 3.85. The Balaban J connectivity index is 0.000000720. The molecule has 2 aromatic carbocycles. The molecule has 0 saturated carbocycles. The molecule has 57 valence electrons. The Kier molecular flexibility index (Phi) is 3.04. The van der Waals surface area contributed by atoms with E-state index in [0.717, 1.165) is 10.8 Å². The standard InChI is InChI=1S/C10H8O.In/c11-10-7-3-5-8-4-1-2-6-9(8)10;/h1-7,11H;. The van der Waals surface area contributed by atoms with E-state index in [2.05, 4.69) is 0 Å². The maximum absolute atomic E-state index is 9.37. The molecule has 0 aliphatic rings. The topological polar surface area (TPSA) is 20.2 Å². The van der Waals surface area contributed by atoms with Crippen molar-refractivity contribution in [3.8, 4) is 5.75 Å². The molecule has 0 aliphatic heterocycles. The van der Waals surface area contributed by atoms with E-state index >= 15 is 0 Å². The molecule has 0 saturated heterocycles. The van der Waals surface area contributed by atoms with Crippen LogP contribution < -0.4 is 0 Å². The maximum atomic E-state index is 9.37. The fraction of sp³-hybridized carbons (Fsp3) is 0. The largest absolute Gasteiger partial charge is 0.507 e. The first-order chi connectivity index (χ1) is 5.38. The van der Waals surface area contributed by atoms with E-state index < -0.39 is 0 Å². The van der Waals surface area contributed by atoms with Gasteiger partial charge in [-0.05, 0) is 11.5 Å². The molecule has 0 heterocycles. The Morgan fingerprint density at radius 2 is 1.50 bits per heavy atom. The van der Waals surface area contributed by atoms with E-state index in [1.165, 1.54) is 0 Å². The second-order valence-electron chi connectivity index (χ2n) is 2.50. The Hall–Kier alpha value is -0.630. The Labute approximate surface area is 89.8 Å². The minimum Gasteiger partial charge on any atom is -0.507 e. The molecular formula is C10H8InO. The van der Waals surface area contributed by atoms with Crippen molar-refractivity contribution in [3.63, 3.8) is 0 Å². The first-order valence-electron chi connectivity index (χ1n) is 3.54. The molecule has 1 N–H and O–H groups in total. The molecule has 0 amide bonds. The average molecular weight is 259 g/mol. The van der Waals surface area contributed by atoms with Crippen LogP contribution in [0.15, 0.2) is 42.5 Å². The van der Waals surface area contributed by atoms with Gasteiger partial charge in [-0.15, -0.1) is 0 Å². The predicted molar refractivity (Wildman–Crippen MR) is 51.4 cm³/mol. The summed E-state index contributed by atoms with van der Waals surface area (Å²) in [6.45, 7) is 0. The summed E-state index contributed by atoms with van der Waals surface area (Å²) in [6, 6.07) is 13.3. The van der Waals surface area contributed by atoms with Crippen molar-refractivity contribution in [1.29, 1.82) is 0 Å². The molecule has 0 fully saturated rings. The number of benzene rings is 2. The van der Waals surface area contributed by atoms with Crippen LogP contribution in [0.2, 0.25) is 0 Å². The van der Waals surface area contributed by atoms with Gasteiger partial charge in [0.1, 0.15) is 5.75 Å². The van der Waals surface area contributed by atoms with Gasteiger partial charge in [-0.3, -0.25) is 0 Å². The van der Waals surface area contributed by atoms with Crippen LogP contribution in [-0.2, 0) is 0 Å². The van der Waals surface area contributed by atoms with Gasteiger partial charge in [-0.1, -0.05) is 36.4 Å². The van der Waals surface area contributed by atoms with E-state index in [4.69, 9.17) is 0 Å². The summed E-state index contributed by atoms with van der Waals surface area (Å²) >= 11 is 0. The van der Waals surface area contributed by atoms with Crippen LogP contribution in [0.4, 0.5) is 0 Å². The van der Waals surface area contributed by atoms with Gasteiger partial charge >= 0.3 is 0 Å². The molecule has 0 spiro atoms. The normalized spacial score (nSPS) is 9.33. The monoisotopic (exact) mass is 259 g/mol. The number of aromatic hydroxyl groups is 1. The molecule has 0 atom stereocenters. The van der Waals surface area contributed by atoms with Crippen LogP contribution in [-0.4, -0.2) is 30.9 Å². The first kappa shape index (κ1) is 9.46. The zero-order chi connectivity index (χ0) is 7.68. The SMILES string of the molecule is Oc1cccc2ccccc12.[In]. The predicted octanol–water partition coefficient (Wildman–Crippen LogP) is 2.16. The number of hydrogen-bond donors (Lipinski definition) is 1. The fourth-order valence-corrected chi connectivity index (χ4v) is 1.21. The van der Waals surface area contributed by atoms with Crippen molar-refractivity contribution in [1.82, 2.24) is 0 Å². The fourth-order valence-electron chi connectivity index (χ4n) is 1.21. The molecule has 3 radical (unpaired) electrons. The van der Waals surface area contributed by atoms with Gasteiger partial charge in [0.25, 0.3) is 0 Å². The number of hydrogen-bond acceptors (Lipinski definition) is 1. The number of phenols is 1. The van der Waals surface area contributed by atoms with Crippen molar-refractivity contribution in [3.05, 3.63) is 42.5 Å². The van der Waals surface area contributed by atoms with Gasteiger partial charge in [0, 0.05) is 31.2 Å². The molecule has 2 rings (SSSR count). The molecular weight excluding hydrogens is 251 g/mol. The molecule has 2 aromatic rings. The third kappa shape index (κ3) is 1.58. The summed E-state index contributed by atoms with van der Waals surface area (Å²) in [7, 11) is 0. The second-order valence-corrected chi connectivity index (χ2v) is 2.50. The number of phenolic OH excluding ortho intramolecular Hbond substituents is 1. The third-order valence-corrected chi connectivity index (χ3v) is 1.77. The average Bonchev–Trinajstić information content (AvgIpc) is 2.06. The quantitative estimate of drug-likeness (QED) is 0.768. The van der Waals surface area contributed by atoms with E-state index in [9.17, 15) is 5.11 Å². The van der Waals surface area contributed by atoms with Gasteiger partial charge < -0.3 is 5.11 Å². The van der Waals surface area contributed by atoms with Crippen molar-refractivity contribution in [2.45, 2.75) is 0 Å². The molecule has 0 aliphatic carbocycles. The molecule has 1 nitrogen and oxygen atoms in total. The summed E-state index contributed by atoms with van der Waals surface area (Å²) in [5, 5.41) is 11.4. The zero-order valence-electron chi connectivity index (χ0n) is 6.57. The van der Waals surface area contributed by atoms with Crippen molar-refractivity contribution in [2.75, 3.05) is 0 Å². The Bertz CT molecular complexity index is 379. The summed E-state index contributed by atoms with van der Waals surface area (Å²) < 4.78 is 0. The first-order valence-corrected chi connectivity index (χ1v) is 3.54. The Morgan fingerprint density at radius 3 is 2.25 bits per heavy atom. The van der Waals surface area contributed by atoms with Gasteiger partial charge in [0.05, 0.1) is 0 Å². The smallest absolute Gasteiger partial charge is 0.123 e.